The predicted octanol–water partition coefficient (Wildman–Crippen LogP) is 1.56. The molecule has 1 aliphatic heterocycles. The summed E-state index contributed by atoms with van der Waals surface area (Å²) >= 11 is 0. The van der Waals surface area contributed by atoms with Crippen LogP contribution in [0.4, 0.5) is 0 Å². The molecule has 0 unspecified atom stereocenters. The molecule has 0 saturated carbocycles. The first kappa shape index (κ1) is 12.7. The van der Waals surface area contributed by atoms with Gasteiger partial charge < -0.3 is 14.6 Å². The Morgan fingerprint density at radius 1 is 1.45 bits per heavy atom. The Kier molecular flexibility index (Phi) is 3.15. The van der Waals surface area contributed by atoms with Crippen LogP contribution in [0.25, 0.3) is 11.3 Å². The van der Waals surface area contributed by atoms with E-state index in [9.17, 15) is 4.79 Å². The van der Waals surface area contributed by atoms with Gasteiger partial charge in [-0.15, -0.1) is 0 Å². The van der Waals surface area contributed by atoms with E-state index < -0.39 is 5.97 Å². The van der Waals surface area contributed by atoms with Gasteiger partial charge in [-0.2, -0.15) is 5.10 Å². The molecule has 0 radical (unpaired) electrons. The lowest BCUT2D eigenvalue weighted by molar-refractivity contribution is -0.0794. The van der Waals surface area contributed by atoms with Crippen molar-refractivity contribution in [3.63, 3.8) is 0 Å². The maximum Gasteiger partial charge on any atom is 0.356 e. The fourth-order valence-corrected chi connectivity index (χ4v) is 2.07. The SMILES string of the molecule is Cn1nc(C(=O)O)cc1-c1ccccc1OC1COC1. The minimum absolute atomic E-state index is 0.0179. The lowest BCUT2D eigenvalue weighted by Gasteiger charge is -2.27. The van der Waals surface area contributed by atoms with E-state index in [2.05, 4.69) is 5.10 Å². The summed E-state index contributed by atoms with van der Waals surface area (Å²) in [5.74, 6) is -0.335. The standard InChI is InChI=1S/C14H14N2O4/c1-16-12(6-11(15-16)14(17)18)10-4-2-3-5-13(10)20-9-7-19-8-9/h2-6,9H,7-8H2,1H3,(H,17,18). The van der Waals surface area contributed by atoms with Gasteiger partial charge in [0.2, 0.25) is 0 Å². The number of hydrogen-bond donors (Lipinski definition) is 1. The van der Waals surface area contributed by atoms with Gasteiger partial charge >= 0.3 is 5.97 Å². The van der Waals surface area contributed by atoms with E-state index in [1.165, 1.54) is 0 Å². The molecule has 1 saturated heterocycles. The predicted molar refractivity (Wildman–Crippen MR) is 70.8 cm³/mol. The van der Waals surface area contributed by atoms with Gasteiger partial charge in [-0.3, -0.25) is 4.68 Å². The van der Waals surface area contributed by atoms with Crippen LogP contribution in [-0.2, 0) is 11.8 Å². The largest absolute Gasteiger partial charge is 0.485 e. The highest BCUT2D eigenvalue weighted by molar-refractivity contribution is 5.87. The van der Waals surface area contributed by atoms with Crippen LogP contribution in [0.3, 0.4) is 0 Å². The maximum absolute atomic E-state index is 11.0. The zero-order chi connectivity index (χ0) is 14.1. The topological polar surface area (TPSA) is 73.6 Å². The molecule has 0 atom stereocenters. The molecule has 1 N–H and O–H groups in total. The molecule has 2 heterocycles. The third-order valence-corrected chi connectivity index (χ3v) is 3.16. The smallest absolute Gasteiger partial charge is 0.356 e. The molecule has 0 bridgehead atoms. The number of aryl methyl sites for hydroxylation is 1. The lowest BCUT2D eigenvalue weighted by atomic mass is 10.1. The Bertz CT molecular complexity index is 646. The number of carboxylic acids is 1. The number of aromatic carboxylic acids is 1. The highest BCUT2D eigenvalue weighted by atomic mass is 16.6. The highest BCUT2D eigenvalue weighted by Gasteiger charge is 2.22. The molecule has 20 heavy (non-hydrogen) atoms. The summed E-state index contributed by atoms with van der Waals surface area (Å²) in [5.41, 5.74) is 1.55. The summed E-state index contributed by atoms with van der Waals surface area (Å²) < 4.78 is 12.5. The van der Waals surface area contributed by atoms with Crippen molar-refractivity contribution in [3.05, 3.63) is 36.0 Å². The fraction of sp³-hybridized carbons (Fsp3) is 0.286. The van der Waals surface area contributed by atoms with E-state index in [0.717, 1.165) is 5.56 Å². The van der Waals surface area contributed by atoms with Crippen LogP contribution in [0.15, 0.2) is 30.3 Å². The summed E-state index contributed by atoms with van der Waals surface area (Å²) in [7, 11) is 1.71. The van der Waals surface area contributed by atoms with Crippen molar-refractivity contribution in [3.8, 4) is 17.0 Å². The molecule has 2 aromatic rings. The van der Waals surface area contributed by atoms with Crippen molar-refractivity contribution < 1.29 is 19.4 Å². The molecular formula is C14H14N2O4. The average molecular weight is 274 g/mol. The number of nitrogens with zero attached hydrogens (tertiary/aromatic N) is 2. The van der Waals surface area contributed by atoms with Crippen LogP contribution in [0, 0.1) is 0 Å². The van der Waals surface area contributed by atoms with Crippen molar-refractivity contribution in [1.82, 2.24) is 9.78 Å². The van der Waals surface area contributed by atoms with Crippen LogP contribution in [-0.4, -0.2) is 40.2 Å². The second kappa shape index (κ2) is 4.97. The van der Waals surface area contributed by atoms with Crippen molar-refractivity contribution in [2.24, 2.45) is 7.05 Å². The Morgan fingerprint density at radius 2 is 2.20 bits per heavy atom. The molecule has 1 aliphatic rings. The first-order valence-corrected chi connectivity index (χ1v) is 6.26. The molecule has 1 fully saturated rings. The van der Waals surface area contributed by atoms with E-state index in [4.69, 9.17) is 14.6 Å². The van der Waals surface area contributed by atoms with Crippen molar-refractivity contribution in [1.29, 1.82) is 0 Å². The summed E-state index contributed by atoms with van der Waals surface area (Å²) in [6, 6.07) is 9.06. The van der Waals surface area contributed by atoms with E-state index >= 15 is 0 Å². The maximum atomic E-state index is 11.0. The molecule has 1 aromatic carbocycles. The van der Waals surface area contributed by atoms with E-state index in [1.807, 2.05) is 24.3 Å². The summed E-state index contributed by atoms with van der Waals surface area (Å²) in [4.78, 5) is 11.0. The number of hydrogen-bond acceptors (Lipinski definition) is 4. The van der Waals surface area contributed by atoms with Crippen LogP contribution in [0.1, 0.15) is 10.5 Å². The molecule has 0 amide bonds. The first-order valence-electron chi connectivity index (χ1n) is 6.26. The summed E-state index contributed by atoms with van der Waals surface area (Å²) in [5, 5.41) is 13.0. The van der Waals surface area contributed by atoms with Crippen LogP contribution >= 0.6 is 0 Å². The molecule has 6 heteroatoms. The number of benzene rings is 1. The second-order valence-corrected chi connectivity index (χ2v) is 4.62. The van der Waals surface area contributed by atoms with Gasteiger partial charge in [0.05, 0.1) is 18.9 Å². The minimum Gasteiger partial charge on any atom is -0.485 e. The number of carbonyl (C=O) groups is 1. The second-order valence-electron chi connectivity index (χ2n) is 4.62. The zero-order valence-electron chi connectivity index (χ0n) is 10.9. The highest BCUT2D eigenvalue weighted by Crippen LogP contribution is 2.31. The van der Waals surface area contributed by atoms with E-state index in [0.29, 0.717) is 24.7 Å². The Labute approximate surface area is 115 Å². The molecule has 0 spiro atoms. The zero-order valence-corrected chi connectivity index (χ0v) is 10.9. The number of carboxylic acid groups (broad SMARTS) is 1. The third-order valence-electron chi connectivity index (χ3n) is 3.16. The molecule has 0 aliphatic carbocycles. The first-order chi connectivity index (χ1) is 9.65. The number of ether oxygens (including phenoxy) is 2. The number of aromatic nitrogens is 2. The van der Waals surface area contributed by atoms with Gasteiger partial charge in [0.15, 0.2) is 5.69 Å². The van der Waals surface area contributed by atoms with Gasteiger partial charge in [0.25, 0.3) is 0 Å². The lowest BCUT2D eigenvalue weighted by Crippen LogP contribution is -2.38. The monoisotopic (exact) mass is 274 g/mol. The van der Waals surface area contributed by atoms with E-state index in [-0.39, 0.29) is 11.8 Å². The molecular weight excluding hydrogens is 260 g/mol. The van der Waals surface area contributed by atoms with Gasteiger partial charge in [-0.1, -0.05) is 12.1 Å². The van der Waals surface area contributed by atoms with Gasteiger partial charge in [0, 0.05) is 12.6 Å². The molecule has 1 aromatic heterocycles. The summed E-state index contributed by atoms with van der Waals surface area (Å²) in [6.45, 7) is 1.17. The molecule has 6 nitrogen and oxygen atoms in total. The quantitative estimate of drug-likeness (QED) is 0.916. The van der Waals surface area contributed by atoms with Crippen molar-refractivity contribution >= 4 is 5.97 Å². The molecule has 3 rings (SSSR count). The Balaban J connectivity index is 1.98. The average Bonchev–Trinajstić information content (AvgIpc) is 2.77. The Hall–Kier alpha value is -2.34. The van der Waals surface area contributed by atoms with Gasteiger partial charge in [-0.05, 0) is 18.2 Å². The minimum atomic E-state index is -1.04. The number of para-hydroxylation sites is 1. The van der Waals surface area contributed by atoms with Gasteiger partial charge in [-0.25, -0.2) is 4.79 Å². The van der Waals surface area contributed by atoms with Gasteiger partial charge in [0.1, 0.15) is 11.9 Å². The number of rotatable bonds is 4. The van der Waals surface area contributed by atoms with Crippen LogP contribution in [0.2, 0.25) is 0 Å². The Morgan fingerprint density at radius 3 is 2.80 bits per heavy atom. The normalized spacial score (nSPS) is 14.8. The van der Waals surface area contributed by atoms with Crippen LogP contribution < -0.4 is 4.74 Å². The van der Waals surface area contributed by atoms with Crippen molar-refractivity contribution in [2.75, 3.05) is 13.2 Å². The van der Waals surface area contributed by atoms with Crippen molar-refractivity contribution in [2.45, 2.75) is 6.10 Å². The third kappa shape index (κ3) is 2.25. The van der Waals surface area contributed by atoms with E-state index in [1.54, 1.807) is 17.8 Å². The summed E-state index contributed by atoms with van der Waals surface area (Å²) in [6.07, 6.45) is 0.0586. The fourth-order valence-electron chi connectivity index (χ4n) is 2.07. The van der Waals surface area contributed by atoms with Crippen LogP contribution in [0.5, 0.6) is 5.75 Å². The molecule has 104 valence electrons.